The summed E-state index contributed by atoms with van der Waals surface area (Å²) in [7, 11) is 0. The van der Waals surface area contributed by atoms with E-state index in [2.05, 4.69) is 5.16 Å². The Labute approximate surface area is 97.0 Å². The predicted octanol–water partition coefficient (Wildman–Crippen LogP) is 3.28. The highest BCUT2D eigenvalue weighted by Gasteiger charge is 2.19. The SMILES string of the molecule is CCc1c(-c2c(F)cccc2Cl)noc1N. The molecule has 3 nitrogen and oxygen atoms in total. The highest BCUT2D eigenvalue weighted by molar-refractivity contribution is 6.33. The average molecular weight is 241 g/mol. The minimum Gasteiger partial charge on any atom is -0.367 e. The van der Waals surface area contributed by atoms with Gasteiger partial charge < -0.3 is 10.3 Å². The zero-order chi connectivity index (χ0) is 11.7. The number of aromatic nitrogens is 1. The second-order valence-corrected chi connectivity index (χ2v) is 3.73. The first-order chi connectivity index (χ1) is 7.65. The van der Waals surface area contributed by atoms with Gasteiger partial charge in [0.2, 0.25) is 5.88 Å². The second kappa shape index (κ2) is 4.14. The maximum atomic E-state index is 13.7. The molecular weight excluding hydrogens is 231 g/mol. The van der Waals surface area contributed by atoms with E-state index >= 15 is 0 Å². The second-order valence-electron chi connectivity index (χ2n) is 3.32. The van der Waals surface area contributed by atoms with E-state index in [1.165, 1.54) is 12.1 Å². The molecule has 2 aromatic rings. The molecule has 1 heterocycles. The monoisotopic (exact) mass is 240 g/mol. The van der Waals surface area contributed by atoms with E-state index < -0.39 is 5.82 Å². The van der Waals surface area contributed by atoms with Crippen molar-refractivity contribution < 1.29 is 8.91 Å². The van der Waals surface area contributed by atoms with Gasteiger partial charge in [-0.25, -0.2) is 4.39 Å². The molecule has 0 fully saturated rings. The molecule has 0 amide bonds. The van der Waals surface area contributed by atoms with Crippen LogP contribution in [0.4, 0.5) is 10.3 Å². The van der Waals surface area contributed by atoms with Crippen molar-refractivity contribution in [2.45, 2.75) is 13.3 Å². The number of anilines is 1. The summed E-state index contributed by atoms with van der Waals surface area (Å²) in [6.45, 7) is 1.89. The number of halogens is 2. The Bertz CT molecular complexity index is 504. The normalized spacial score (nSPS) is 10.7. The van der Waals surface area contributed by atoms with Gasteiger partial charge in [-0.3, -0.25) is 0 Å². The molecule has 2 N–H and O–H groups in total. The molecule has 1 aromatic carbocycles. The van der Waals surface area contributed by atoms with Gasteiger partial charge in [-0.15, -0.1) is 0 Å². The molecule has 84 valence electrons. The molecule has 0 aliphatic heterocycles. The Morgan fingerprint density at radius 2 is 2.25 bits per heavy atom. The molecule has 0 unspecified atom stereocenters. The Kier molecular flexibility index (Phi) is 2.83. The number of nitrogens with zero attached hydrogens (tertiary/aromatic N) is 1. The summed E-state index contributed by atoms with van der Waals surface area (Å²) >= 11 is 5.94. The third-order valence-electron chi connectivity index (χ3n) is 2.37. The van der Waals surface area contributed by atoms with Crippen LogP contribution in [0.15, 0.2) is 22.7 Å². The van der Waals surface area contributed by atoms with E-state index in [1.807, 2.05) is 6.92 Å². The van der Waals surface area contributed by atoms with Gasteiger partial charge >= 0.3 is 0 Å². The third-order valence-corrected chi connectivity index (χ3v) is 2.69. The molecule has 0 aliphatic carbocycles. The molecule has 0 saturated carbocycles. The van der Waals surface area contributed by atoms with Crippen LogP contribution in [-0.4, -0.2) is 5.16 Å². The van der Waals surface area contributed by atoms with Crippen LogP contribution in [0.2, 0.25) is 5.02 Å². The molecule has 0 bridgehead atoms. The first-order valence-corrected chi connectivity index (χ1v) is 5.21. The van der Waals surface area contributed by atoms with Crippen LogP contribution in [-0.2, 0) is 6.42 Å². The molecular formula is C11H10ClFN2O. The van der Waals surface area contributed by atoms with Crippen LogP contribution >= 0.6 is 11.6 Å². The summed E-state index contributed by atoms with van der Waals surface area (Å²) in [5.41, 5.74) is 6.88. The fraction of sp³-hybridized carbons (Fsp3) is 0.182. The lowest BCUT2D eigenvalue weighted by Gasteiger charge is -2.03. The van der Waals surface area contributed by atoms with E-state index in [0.29, 0.717) is 22.7 Å². The molecule has 0 atom stereocenters. The minimum atomic E-state index is -0.435. The van der Waals surface area contributed by atoms with Gasteiger partial charge in [0.05, 0.1) is 10.6 Å². The average Bonchev–Trinajstić information content (AvgIpc) is 2.59. The van der Waals surface area contributed by atoms with E-state index in [1.54, 1.807) is 6.07 Å². The van der Waals surface area contributed by atoms with Crippen molar-refractivity contribution in [1.82, 2.24) is 5.16 Å². The van der Waals surface area contributed by atoms with Gasteiger partial charge in [-0.05, 0) is 18.6 Å². The summed E-state index contributed by atoms with van der Waals surface area (Å²) < 4.78 is 18.5. The maximum Gasteiger partial charge on any atom is 0.225 e. The van der Waals surface area contributed by atoms with Crippen LogP contribution in [0.3, 0.4) is 0 Å². The van der Waals surface area contributed by atoms with E-state index in [9.17, 15) is 4.39 Å². The van der Waals surface area contributed by atoms with Crippen molar-refractivity contribution in [3.63, 3.8) is 0 Å². The van der Waals surface area contributed by atoms with Crippen molar-refractivity contribution in [1.29, 1.82) is 0 Å². The highest BCUT2D eigenvalue weighted by atomic mass is 35.5. The predicted molar refractivity (Wildman–Crippen MR) is 60.7 cm³/mol. The number of hydrogen-bond acceptors (Lipinski definition) is 3. The zero-order valence-corrected chi connectivity index (χ0v) is 9.38. The number of hydrogen-bond donors (Lipinski definition) is 1. The first kappa shape index (κ1) is 11.0. The van der Waals surface area contributed by atoms with Crippen LogP contribution < -0.4 is 5.73 Å². The minimum absolute atomic E-state index is 0.205. The molecule has 1 aromatic heterocycles. The lowest BCUT2D eigenvalue weighted by Crippen LogP contribution is -1.92. The summed E-state index contributed by atoms with van der Waals surface area (Å²) in [4.78, 5) is 0. The fourth-order valence-corrected chi connectivity index (χ4v) is 1.84. The number of nitrogen functional groups attached to an aromatic ring is 1. The van der Waals surface area contributed by atoms with Crippen molar-refractivity contribution in [3.8, 4) is 11.3 Å². The molecule has 16 heavy (non-hydrogen) atoms. The van der Waals surface area contributed by atoms with Gasteiger partial charge in [-0.1, -0.05) is 29.7 Å². The van der Waals surface area contributed by atoms with E-state index in [-0.39, 0.29) is 11.4 Å². The van der Waals surface area contributed by atoms with Crippen LogP contribution in [0.1, 0.15) is 12.5 Å². The largest absolute Gasteiger partial charge is 0.367 e. The van der Waals surface area contributed by atoms with Crippen LogP contribution in [0.5, 0.6) is 0 Å². The van der Waals surface area contributed by atoms with Crippen molar-refractivity contribution >= 4 is 17.5 Å². The Morgan fingerprint density at radius 3 is 2.88 bits per heavy atom. The summed E-state index contributed by atoms with van der Waals surface area (Å²) in [6, 6.07) is 4.46. The van der Waals surface area contributed by atoms with Gasteiger partial charge in [0.15, 0.2) is 0 Å². The zero-order valence-electron chi connectivity index (χ0n) is 8.63. The lowest BCUT2D eigenvalue weighted by atomic mass is 10.1. The fourth-order valence-electron chi connectivity index (χ4n) is 1.58. The molecule has 5 heteroatoms. The smallest absolute Gasteiger partial charge is 0.225 e. The summed E-state index contributed by atoms with van der Waals surface area (Å²) in [6.07, 6.45) is 0.606. The van der Waals surface area contributed by atoms with E-state index in [4.69, 9.17) is 21.9 Å². The lowest BCUT2D eigenvalue weighted by molar-refractivity contribution is 0.438. The number of rotatable bonds is 2. The summed E-state index contributed by atoms with van der Waals surface area (Å²) in [5.74, 6) is -0.229. The maximum absolute atomic E-state index is 13.7. The Hall–Kier alpha value is -1.55. The molecule has 0 spiro atoms. The molecule has 0 radical (unpaired) electrons. The van der Waals surface area contributed by atoms with Crippen LogP contribution in [0.25, 0.3) is 11.3 Å². The number of benzene rings is 1. The van der Waals surface area contributed by atoms with Gasteiger partial charge in [0, 0.05) is 5.56 Å². The Morgan fingerprint density at radius 1 is 1.50 bits per heavy atom. The molecule has 0 saturated heterocycles. The number of nitrogens with two attached hydrogens (primary N) is 1. The molecule has 2 rings (SSSR count). The highest BCUT2D eigenvalue weighted by Crippen LogP contribution is 2.34. The van der Waals surface area contributed by atoms with E-state index in [0.717, 1.165) is 0 Å². The van der Waals surface area contributed by atoms with Gasteiger partial charge in [0.1, 0.15) is 11.5 Å². The van der Waals surface area contributed by atoms with Gasteiger partial charge in [-0.2, -0.15) is 0 Å². The van der Waals surface area contributed by atoms with Crippen molar-refractivity contribution in [2.75, 3.05) is 5.73 Å². The topological polar surface area (TPSA) is 52.0 Å². The van der Waals surface area contributed by atoms with Crippen molar-refractivity contribution in [3.05, 3.63) is 34.6 Å². The quantitative estimate of drug-likeness (QED) is 0.876. The third kappa shape index (κ3) is 1.65. The first-order valence-electron chi connectivity index (χ1n) is 4.83. The Balaban J connectivity index is 2.67. The summed E-state index contributed by atoms with van der Waals surface area (Å²) in [5, 5.41) is 4.05. The van der Waals surface area contributed by atoms with Crippen LogP contribution in [0, 0.1) is 5.82 Å². The standard InChI is InChI=1S/C11H10ClFN2O/c1-2-6-10(15-16-11(6)14)9-7(12)4-3-5-8(9)13/h3-5H,2,14H2,1H3. The molecule has 0 aliphatic rings. The van der Waals surface area contributed by atoms with Gasteiger partial charge in [0.25, 0.3) is 0 Å². The van der Waals surface area contributed by atoms with Crippen molar-refractivity contribution in [2.24, 2.45) is 0 Å².